The maximum Gasteiger partial charge on any atom is 0.207 e. The van der Waals surface area contributed by atoms with Crippen LogP contribution >= 0.6 is 46.4 Å². The molecule has 182 valence electrons. The molecule has 0 aromatic heterocycles. The minimum atomic E-state index is -2.21. The lowest BCUT2D eigenvalue weighted by atomic mass is 10.2. The molecule has 3 aromatic carbocycles. The second kappa shape index (κ2) is 9.25. The van der Waals surface area contributed by atoms with Gasteiger partial charge in [-0.05, 0) is 0 Å². The van der Waals surface area contributed by atoms with Crippen molar-refractivity contribution in [1.82, 2.24) is 0 Å². The van der Waals surface area contributed by atoms with Crippen molar-refractivity contribution in [1.29, 1.82) is 0 Å². The molecule has 3 rings (SSSR count). The van der Waals surface area contributed by atoms with Crippen LogP contribution in [0.2, 0.25) is 20.1 Å². The average molecular weight is 574 g/mol. The van der Waals surface area contributed by atoms with Gasteiger partial charge in [0.2, 0.25) is 34.8 Å². The summed E-state index contributed by atoms with van der Waals surface area (Å²) in [5, 5.41) is -3.54. The van der Waals surface area contributed by atoms with E-state index in [-0.39, 0.29) is 0 Å². The van der Waals surface area contributed by atoms with Crippen LogP contribution in [-0.4, -0.2) is 0 Å². The lowest BCUT2D eigenvalue weighted by Gasteiger charge is -2.18. The summed E-state index contributed by atoms with van der Waals surface area (Å²) in [7, 11) is 0. The zero-order chi connectivity index (χ0) is 25.8. The Labute approximate surface area is 203 Å². The van der Waals surface area contributed by atoms with Gasteiger partial charge in [-0.1, -0.05) is 46.4 Å². The van der Waals surface area contributed by atoms with Crippen LogP contribution < -0.4 is 20.9 Å². The van der Waals surface area contributed by atoms with Gasteiger partial charge in [0.15, 0.2) is 34.8 Å². The highest BCUT2D eigenvalue weighted by molar-refractivity contribution is 6.50. The van der Waals surface area contributed by atoms with Gasteiger partial charge in [-0.2, -0.15) is 8.78 Å². The van der Waals surface area contributed by atoms with E-state index in [0.29, 0.717) is 0 Å². The molecule has 0 fully saturated rings. The molecule has 16 heteroatoms. The molecule has 0 amide bonds. The summed E-state index contributed by atoms with van der Waals surface area (Å²) in [5.41, 5.74) is 7.09. The van der Waals surface area contributed by atoms with Crippen LogP contribution in [0.3, 0.4) is 0 Å². The fraction of sp³-hybridized carbons (Fsp3) is 0. The Morgan fingerprint density at radius 3 is 0.912 bits per heavy atom. The van der Waals surface area contributed by atoms with E-state index in [1.807, 2.05) is 0 Å². The number of rotatable bonds is 4. The van der Waals surface area contributed by atoms with Crippen LogP contribution in [-0.2, 0) is 0 Å². The Balaban J connectivity index is 2.18. The summed E-state index contributed by atoms with van der Waals surface area (Å²) < 4.78 is 120. The van der Waals surface area contributed by atoms with E-state index < -0.39 is 101 Å². The first-order chi connectivity index (χ1) is 15.7. The second-order valence-electron chi connectivity index (χ2n) is 6.12. The molecule has 34 heavy (non-hydrogen) atoms. The van der Waals surface area contributed by atoms with E-state index in [0.717, 1.165) is 0 Å². The number of ether oxygens (including phenoxy) is 2. The van der Waals surface area contributed by atoms with Crippen LogP contribution in [0, 0.1) is 46.5 Å². The topological polar surface area (TPSA) is 70.5 Å². The van der Waals surface area contributed by atoms with Crippen LogP contribution in [0.1, 0.15) is 0 Å². The zero-order valence-electron chi connectivity index (χ0n) is 15.5. The van der Waals surface area contributed by atoms with Crippen molar-refractivity contribution in [3.8, 4) is 23.0 Å². The molecule has 0 saturated heterocycles. The number of halogens is 12. The molecule has 4 nitrogen and oxygen atoms in total. The van der Waals surface area contributed by atoms with Gasteiger partial charge >= 0.3 is 0 Å². The lowest BCUT2D eigenvalue weighted by molar-refractivity contribution is 0.365. The van der Waals surface area contributed by atoms with Gasteiger partial charge in [0.1, 0.15) is 31.5 Å². The second-order valence-corrected chi connectivity index (χ2v) is 7.63. The maximum atomic E-state index is 14.2. The fourth-order valence-corrected chi connectivity index (χ4v) is 3.38. The predicted molar refractivity (Wildman–Crippen MR) is 108 cm³/mol. The largest absolute Gasteiger partial charge is 0.448 e. The Morgan fingerprint density at radius 1 is 0.382 bits per heavy atom. The number of anilines is 2. The van der Waals surface area contributed by atoms with Crippen molar-refractivity contribution >= 4 is 57.8 Å². The predicted octanol–water partition coefficient (Wildman–Crippen LogP) is 8.16. The average Bonchev–Trinajstić information content (AvgIpc) is 2.81. The molecule has 0 unspecified atom stereocenters. The molecule has 0 aliphatic rings. The van der Waals surface area contributed by atoms with E-state index in [9.17, 15) is 35.1 Å². The van der Waals surface area contributed by atoms with Crippen LogP contribution in [0.25, 0.3) is 0 Å². The summed E-state index contributed by atoms with van der Waals surface area (Å²) in [6.07, 6.45) is 0. The molecule has 0 aliphatic heterocycles. The van der Waals surface area contributed by atoms with E-state index in [1.165, 1.54) is 0 Å². The highest BCUT2D eigenvalue weighted by Gasteiger charge is 2.32. The highest BCUT2D eigenvalue weighted by Crippen LogP contribution is 2.53. The SMILES string of the molecule is Nc1c(F)c(F)c(F)c(Oc2c(Cl)c(Cl)c(Oc3c(F)c(N)c(F)c(F)c3F)c(Cl)c2Cl)c1F. The maximum absolute atomic E-state index is 14.2. The summed E-state index contributed by atoms with van der Waals surface area (Å²) in [5.74, 6) is -21.8. The van der Waals surface area contributed by atoms with Crippen molar-refractivity contribution in [2.45, 2.75) is 0 Å². The third kappa shape index (κ3) is 3.98. The van der Waals surface area contributed by atoms with Gasteiger partial charge in [-0.25, -0.2) is 26.3 Å². The van der Waals surface area contributed by atoms with E-state index >= 15 is 0 Å². The molecule has 0 saturated carbocycles. The van der Waals surface area contributed by atoms with Crippen molar-refractivity contribution in [2.24, 2.45) is 0 Å². The Kier molecular flexibility index (Phi) is 7.09. The van der Waals surface area contributed by atoms with Crippen LogP contribution in [0.4, 0.5) is 46.5 Å². The normalized spacial score (nSPS) is 11.2. The third-order valence-electron chi connectivity index (χ3n) is 4.11. The van der Waals surface area contributed by atoms with E-state index in [1.54, 1.807) is 0 Å². The van der Waals surface area contributed by atoms with Gasteiger partial charge in [0.05, 0.1) is 0 Å². The smallest absolute Gasteiger partial charge is 0.207 e. The third-order valence-corrected chi connectivity index (χ3v) is 5.74. The molecule has 0 radical (unpaired) electrons. The zero-order valence-corrected chi connectivity index (χ0v) is 18.5. The molecule has 0 aliphatic carbocycles. The molecule has 3 aromatic rings. The summed E-state index contributed by atoms with van der Waals surface area (Å²) in [6.45, 7) is 0. The molecule has 0 bridgehead atoms. The van der Waals surface area contributed by atoms with Gasteiger partial charge in [-0.3, -0.25) is 0 Å². The molecular formula is C18H4Cl4F8N2O2. The molecule has 0 spiro atoms. The van der Waals surface area contributed by atoms with Crippen molar-refractivity contribution in [3.05, 3.63) is 66.6 Å². The standard InChI is InChI=1S/C18H4Cl4F8N2O2/c19-1-2(20)16(34-18-10(28)6(24)8(26)14(32)12(18)30)4(22)3(21)15(1)33-17-9(27)5(23)7(25)13(31)11(17)29/h31-32H2. The number of nitrogens with two attached hydrogens (primary N) is 2. The number of hydrogen-bond donors (Lipinski definition) is 2. The number of hydrogen-bond acceptors (Lipinski definition) is 4. The monoisotopic (exact) mass is 572 g/mol. The summed E-state index contributed by atoms with van der Waals surface area (Å²) in [6, 6.07) is 0. The van der Waals surface area contributed by atoms with E-state index in [2.05, 4.69) is 0 Å². The Morgan fingerprint density at radius 2 is 0.647 bits per heavy atom. The molecular weight excluding hydrogens is 570 g/mol. The Hall–Kier alpha value is -2.54. The molecule has 4 N–H and O–H groups in total. The first-order valence-electron chi connectivity index (χ1n) is 8.16. The van der Waals surface area contributed by atoms with Crippen molar-refractivity contribution in [3.63, 3.8) is 0 Å². The fourth-order valence-electron chi connectivity index (χ4n) is 2.41. The minimum absolute atomic E-state index is 0.885. The van der Waals surface area contributed by atoms with Gasteiger partial charge in [-0.15, -0.1) is 0 Å². The van der Waals surface area contributed by atoms with Crippen LogP contribution in [0.5, 0.6) is 23.0 Å². The number of nitrogen functional groups attached to an aromatic ring is 2. The molecule has 0 heterocycles. The lowest BCUT2D eigenvalue weighted by Crippen LogP contribution is -2.07. The molecule has 0 atom stereocenters. The van der Waals surface area contributed by atoms with Gasteiger partial charge in [0, 0.05) is 0 Å². The quantitative estimate of drug-likeness (QED) is 0.143. The summed E-state index contributed by atoms with van der Waals surface area (Å²) >= 11 is 23.6. The van der Waals surface area contributed by atoms with Gasteiger partial charge < -0.3 is 20.9 Å². The Bertz CT molecular complexity index is 1180. The van der Waals surface area contributed by atoms with Crippen molar-refractivity contribution in [2.75, 3.05) is 11.5 Å². The van der Waals surface area contributed by atoms with Gasteiger partial charge in [0.25, 0.3) is 0 Å². The first kappa shape index (κ1) is 26.1. The summed E-state index contributed by atoms with van der Waals surface area (Å²) in [4.78, 5) is 0. The van der Waals surface area contributed by atoms with E-state index in [4.69, 9.17) is 67.3 Å². The first-order valence-corrected chi connectivity index (χ1v) is 9.67. The minimum Gasteiger partial charge on any atom is -0.448 e. The highest BCUT2D eigenvalue weighted by atomic mass is 35.5. The number of benzene rings is 3. The van der Waals surface area contributed by atoms with Crippen LogP contribution in [0.15, 0.2) is 0 Å². The van der Waals surface area contributed by atoms with Crippen molar-refractivity contribution < 1.29 is 44.6 Å².